The predicted octanol–water partition coefficient (Wildman–Crippen LogP) is 7.01. The largest absolute Gasteiger partial charge is 0.354 e. The highest BCUT2D eigenvalue weighted by Crippen LogP contribution is 2.28. The van der Waals surface area contributed by atoms with E-state index in [4.69, 9.17) is 34.8 Å². The van der Waals surface area contributed by atoms with Crippen molar-refractivity contribution in [3.05, 3.63) is 129 Å². The summed E-state index contributed by atoms with van der Waals surface area (Å²) in [4.78, 5) is 29.4. The molecule has 0 aliphatic heterocycles. The lowest BCUT2D eigenvalue weighted by atomic mass is 10.0. The van der Waals surface area contributed by atoms with Crippen LogP contribution in [0.3, 0.4) is 0 Å². The zero-order valence-electron chi connectivity index (χ0n) is 24.0. The first-order valence-electron chi connectivity index (χ1n) is 14.0. The van der Waals surface area contributed by atoms with Gasteiger partial charge in [-0.05, 0) is 72.1 Å². The van der Waals surface area contributed by atoms with Gasteiger partial charge in [0.25, 0.3) is 10.0 Å². The lowest BCUT2D eigenvalue weighted by molar-refractivity contribution is -0.140. The van der Waals surface area contributed by atoms with Gasteiger partial charge in [-0.2, -0.15) is 0 Å². The van der Waals surface area contributed by atoms with E-state index in [2.05, 4.69) is 5.32 Å². The van der Waals surface area contributed by atoms with Gasteiger partial charge in [-0.25, -0.2) is 8.42 Å². The topological polar surface area (TPSA) is 86.8 Å². The maximum atomic E-state index is 14.4. The lowest BCUT2D eigenvalue weighted by Gasteiger charge is -2.34. The summed E-state index contributed by atoms with van der Waals surface area (Å²) in [5.74, 6) is -0.919. The Hall–Kier alpha value is -3.56. The number of rotatable bonds is 13. The zero-order chi connectivity index (χ0) is 31.7. The van der Waals surface area contributed by atoms with E-state index in [-0.39, 0.29) is 29.5 Å². The molecule has 4 aromatic rings. The molecule has 0 spiro atoms. The number of hydrogen-bond acceptors (Lipinski definition) is 4. The normalized spacial score (nSPS) is 11.9. The number of anilines is 1. The smallest absolute Gasteiger partial charge is 0.264 e. The number of sulfonamides is 1. The SMILES string of the molecule is CCCNC(=O)[C@H](Cc1ccccc1)N(Cc1ccc(Cl)cc1)C(=O)CN(c1cccc(Cl)c1)S(=O)(=O)c1ccc(Cl)cc1. The van der Waals surface area contributed by atoms with E-state index in [1.807, 2.05) is 37.3 Å². The second-order valence-corrected chi connectivity index (χ2v) is 13.3. The van der Waals surface area contributed by atoms with Gasteiger partial charge in [0.05, 0.1) is 10.6 Å². The van der Waals surface area contributed by atoms with Gasteiger partial charge in [0.1, 0.15) is 12.6 Å². The molecule has 4 aromatic carbocycles. The van der Waals surface area contributed by atoms with Crippen molar-refractivity contribution in [2.75, 3.05) is 17.4 Å². The molecule has 7 nitrogen and oxygen atoms in total. The van der Waals surface area contributed by atoms with Gasteiger partial charge in [-0.1, -0.05) is 90.3 Å². The van der Waals surface area contributed by atoms with Crippen LogP contribution in [0, 0.1) is 0 Å². The van der Waals surface area contributed by atoms with E-state index < -0.39 is 28.5 Å². The highest BCUT2D eigenvalue weighted by molar-refractivity contribution is 7.92. The molecule has 11 heteroatoms. The Morgan fingerprint density at radius 2 is 1.41 bits per heavy atom. The number of carbonyl (C=O) groups excluding carboxylic acids is 2. The third kappa shape index (κ3) is 8.76. The van der Waals surface area contributed by atoms with Crippen LogP contribution in [0.15, 0.2) is 108 Å². The Morgan fingerprint density at radius 1 is 0.773 bits per heavy atom. The molecule has 230 valence electrons. The van der Waals surface area contributed by atoms with Crippen molar-refractivity contribution in [3.63, 3.8) is 0 Å². The maximum absolute atomic E-state index is 14.4. The summed E-state index contributed by atoms with van der Waals surface area (Å²) in [6.45, 7) is 1.81. The van der Waals surface area contributed by atoms with Gasteiger partial charge in [-0.3, -0.25) is 13.9 Å². The molecule has 0 saturated carbocycles. The Morgan fingerprint density at radius 3 is 2.02 bits per heavy atom. The van der Waals surface area contributed by atoms with E-state index in [1.54, 1.807) is 42.5 Å². The summed E-state index contributed by atoms with van der Waals surface area (Å²) in [7, 11) is -4.26. The van der Waals surface area contributed by atoms with Gasteiger partial charge in [0.2, 0.25) is 11.8 Å². The van der Waals surface area contributed by atoms with Crippen molar-refractivity contribution < 1.29 is 18.0 Å². The summed E-state index contributed by atoms with van der Waals surface area (Å²) in [5.41, 5.74) is 1.76. The number of benzene rings is 4. The summed E-state index contributed by atoms with van der Waals surface area (Å²) in [6.07, 6.45) is 0.924. The second-order valence-electron chi connectivity index (χ2n) is 10.1. The minimum atomic E-state index is -4.26. The predicted molar refractivity (Wildman–Crippen MR) is 177 cm³/mol. The monoisotopic (exact) mass is 671 g/mol. The van der Waals surface area contributed by atoms with Crippen molar-refractivity contribution in [1.29, 1.82) is 0 Å². The highest BCUT2D eigenvalue weighted by Gasteiger charge is 2.34. The van der Waals surface area contributed by atoms with Crippen LogP contribution >= 0.6 is 34.8 Å². The first-order valence-corrected chi connectivity index (χ1v) is 16.6. The molecule has 0 bridgehead atoms. The molecule has 1 N–H and O–H groups in total. The molecule has 0 aliphatic carbocycles. The summed E-state index contributed by atoms with van der Waals surface area (Å²) in [6, 6.07) is 27.3. The van der Waals surface area contributed by atoms with Crippen LogP contribution in [-0.4, -0.2) is 44.3 Å². The van der Waals surface area contributed by atoms with Crippen molar-refractivity contribution in [2.45, 2.75) is 37.2 Å². The van der Waals surface area contributed by atoms with Gasteiger partial charge in [0.15, 0.2) is 0 Å². The summed E-state index contributed by atoms with van der Waals surface area (Å²) in [5, 5.41) is 4.11. The van der Waals surface area contributed by atoms with Crippen molar-refractivity contribution in [1.82, 2.24) is 10.2 Å². The Balaban J connectivity index is 1.79. The van der Waals surface area contributed by atoms with Crippen LogP contribution in [0.4, 0.5) is 5.69 Å². The van der Waals surface area contributed by atoms with Crippen LogP contribution in [-0.2, 0) is 32.6 Å². The molecule has 0 aliphatic rings. The molecule has 0 radical (unpaired) electrons. The number of carbonyl (C=O) groups is 2. The van der Waals surface area contributed by atoms with Gasteiger partial charge in [-0.15, -0.1) is 0 Å². The van der Waals surface area contributed by atoms with Crippen LogP contribution < -0.4 is 9.62 Å². The second kappa shape index (κ2) is 15.4. The molecule has 0 saturated heterocycles. The number of nitrogens with zero attached hydrogens (tertiary/aromatic N) is 2. The van der Waals surface area contributed by atoms with E-state index in [0.29, 0.717) is 28.0 Å². The first kappa shape index (κ1) is 33.3. The average molecular weight is 673 g/mol. The van der Waals surface area contributed by atoms with Crippen molar-refractivity contribution >= 4 is 62.3 Å². The standard InChI is InChI=1S/C33H32Cl3N3O4S/c1-2-19-37-33(41)31(20-24-7-4-3-5-8-24)38(22-25-11-13-26(34)14-12-25)32(40)23-39(29-10-6-9-28(36)21-29)44(42,43)30-17-15-27(35)16-18-30/h3-18,21,31H,2,19-20,22-23H2,1H3,(H,37,41)/t31-/m0/s1. The van der Waals surface area contributed by atoms with Crippen LogP contribution in [0.25, 0.3) is 0 Å². The van der Waals surface area contributed by atoms with Crippen LogP contribution in [0.5, 0.6) is 0 Å². The maximum Gasteiger partial charge on any atom is 0.264 e. The third-order valence-electron chi connectivity index (χ3n) is 6.86. The minimum Gasteiger partial charge on any atom is -0.354 e. The van der Waals surface area contributed by atoms with E-state index >= 15 is 0 Å². The van der Waals surface area contributed by atoms with Gasteiger partial charge >= 0.3 is 0 Å². The Bertz CT molecular complexity index is 1670. The van der Waals surface area contributed by atoms with Crippen molar-refractivity contribution in [3.8, 4) is 0 Å². The number of amides is 2. The van der Waals surface area contributed by atoms with E-state index in [9.17, 15) is 18.0 Å². The van der Waals surface area contributed by atoms with E-state index in [1.165, 1.54) is 35.2 Å². The summed E-state index contributed by atoms with van der Waals surface area (Å²) >= 11 is 18.4. The summed E-state index contributed by atoms with van der Waals surface area (Å²) < 4.78 is 29.0. The van der Waals surface area contributed by atoms with Crippen LogP contribution in [0.2, 0.25) is 15.1 Å². The number of halogens is 3. The Labute approximate surface area is 273 Å². The van der Waals surface area contributed by atoms with Crippen molar-refractivity contribution in [2.24, 2.45) is 0 Å². The lowest BCUT2D eigenvalue weighted by Crippen LogP contribution is -2.53. The first-order chi connectivity index (χ1) is 21.1. The zero-order valence-corrected chi connectivity index (χ0v) is 27.1. The van der Waals surface area contributed by atoms with E-state index in [0.717, 1.165) is 15.4 Å². The fourth-order valence-electron chi connectivity index (χ4n) is 4.60. The molecular weight excluding hydrogens is 641 g/mol. The molecule has 0 heterocycles. The molecule has 0 aromatic heterocycles. The fraction of sp³-hybridized carbons (Fsp3) is 0.212. The molecule has 1 atom stereocenters. The average Bonchev–Trinajstić information content (AvgIpc) is 3.01. The van der Waals surface area contributed by atoms with Gasteiger partial charge < -0.3 is 10.2 Å². The number of hydrogen-bond donors (Lipinski definition) is 1. The third-order valence-corrected chi connectivity index (χ3v) is 9.39. The molecule has 4 rings (SSSR count). The minimum absolute atomic E-state index is 0.0391. The Kier molecular flexibility index (Phi) is 11.7. The van der Waals surface area contributed by atoms with Gasteiger partial charge in [0, 0.05) is 34.6 Å². The molecule has 0 unspecified atom stereocenters. The number of nitrogens with one attached hydrogen (secondary N) is 1. The molecular formula is C33H32Cl3N3O4S. The highest BCUT2D eigenvalue weighted by atomic mass is 35.5. The molecule has 2 amide bonds. The fourth-order valence-corrected chi connectivity index (χ4v) is 6.44. The quantitative estimate of drug-likeness (QED) is 0.166. The molecule has 44 heavy (non-hydrogen) atoms. The van der Waals surface area contributed by atoms with Crippen LogP contribution in [0.1, 0.15) is 24.5 Å². The molecule has 0 fully saturated rings.